The predicted molar refractivity (Wildman–Crippen MR) is 76.7 cm³/mol. The van der Waals surface area contributed by atoms with E-state index in [0.29, 0.717) is 11.3 Å². The monoisotopic (exact) mass is 294 g/mol. The number of halogens is 1. The van der Waals surface area contributed by atoms with Crippen LogP contribution in [0.2, 0.25) is 0 Å². The third-order valence-electron chi connectivity index (χ3n) is 3.21. The number of aliphatic imine (C=N–C) groups is 1. The van der Waals surface area contributed by atoms with Crippen molar-refractivity contribution in [2.24, 2.45) is 4.99 Å². The van der Waals surface area contributed by atoms with Gasteiger partial charge >= 0.3 is 5.97 Å². The molecule has 1 aliphatic rings. The average molecular weight is 295 g/mol. The molecule has 6 heteroatoms. The fourth-order valence-corrected chi connectivity index (χ4v) is 2.68. The van der Waals surface area contributed by atoms with Gasteiger partial charge in [0.2, 0.25) is 5.60 Å². The minimum Gasteiger partial charge on any atom is -0.467 e. The molecule has 0 aromatic carbocycles. The second-order valence-electron chi connectivity index (χ2n) is 4.33. The summed E-state index contributed by atoms with van der Waals surface area (Å²) in [5.74, 6) is -0.584. The van der Waals surface area contributed by atoms with Crippen molar-refractivity contribution in [3.8, 4) is 0 Å². The highest BCUT2D eigenvalue weighted by atomic mass is 35.5. The molecule has 5 nitrogen and oxygen atoms in total. The molecule has 1 aliphatic heterocycles. The SMILES string of the molecule is COC(=O)C1(OC)C(c2ccncc2)=CC(C)=NC1Cl. The maximum Gasteiger partial charge on any atom is 0.346 e. The molecule has 2 atom stereocenters. The quantitative estimate of drug-likeness (QED) is 0.486. The first kappa shape index (κ1) is 14.7. The molecule has 0 radical (unpaired) electrons. The molecule has 0 saturated heterocycles. The number of pyridine rings is 1. The van der Waals surface area contributed by atoms with Crippen molar-refractivity contribution in [1.29, 1.82) is 0 Å². The number of alkyl halides is 1. The van der Waals surface area contributed by atoms with Gasteiger partial charge in [0.1, 0.15) is 0 Å². The molecule has 1 aromatic rings. The number of nitrogens with zero attached hydrogens (tertiary/aromatic N) is 2. The van der Waals surface area contributed by atoms with Crippen LogP contribution in [0.4, 0.5) is 0 Å². The number of allylic oxidation sites excluding steroid dienone is 1. The van der Waals surface area contributed by atoms with Gasteiger partial charge in [0.05, 0.1) is 7.11 Å². The summed E-state index contributed by atoms with van der Waals surface area (Å²) in [5, 5.41) is 0. The normalized spacial score (nSPS) is 25.7. The van der Waals surface area contributed by atoms with Gasteiger partial charge in [0, 0.05) is 30.8 Å². The maximum absolute atomic E-state index is 12.3. The van der Waals surface area contributed by atoms with Crippen molar-refractivity contribution in [3.63, 3.8) is 0 Å². The molecular formula is C14H15ClN2O3. The zero-order chi connectivity index (χ0) is 14.8. The van der Waals surface area contributed by atoms with Gasteiger partial charge in [-0.05, 0) is 30.7 Å². The van der Waals surface area contributed by atoms with Crippen molar-refractivity contribution in [2.45, 2.75) is 18.0 Å². The Labute approximate surface area is 122 Å². The molecule has 0 N–H and O–H groups in total. The molecule has 0 fully saturated rings. The highest BCUT2D eigenvalue weighted by Gasteiger charge is 2.52. The molecular weight excluding hydrogens is 280 g/mol. The Morgan fingerprint density at radius 2 is 2.00 bits per heavy atom. The first-order chi connectivity index (χ1) is 9.56. The highest BCUT2D eigenvalue weighted by Crippen LogP contribution is 2.40. The summed E-state index contributed by atoms with van der Waals surface area (Å²) in [6.45, 7) is 1.81. The molecule has 20 heavy (non-hydrogen) atoms. The van der Waals surface area contributed by atoms with E-state index in [1.165, 1.54) is 14.2 Å². The number of rotatable bonds is 3. The minimum atomic E-state index is -1.46. The largest absolute Gasteiger partial charge is 0.467 e. The Morgan fingerprint density at radius 3 is 2.55 bits per heavy atom. The summed E-state index contributed by atoms with van der Waals surface area (Å²) >= 11 is 6.28. The van der Waals surface area contributed by atoms with E-state index in [4.69, 9.17) is 21.1 Å². The van der Waals surface area contributed by atoms with E-state index in [2.05, 4.69) is 9.98 Å². The number of esters is 1. The van der Waals surface area contributed by atoms with E-state index in [0.717, 1.165) is 5.56 Å². The van der Waals surface area contributed by atoms with Crippen molar-refractivity contribution in [2.75, 3.05) is 14.2 Å². The molecule has 0 aliphatic carbocycles. The molecule has 0 spiro atoms. The third-order valence-corrected chi connectivity index (χ3v) is 3.61. The van der Waals surface area contributed by atoms with Crippen LogP contribution < -0.4 is 0 Å². The smallest absolute Gasteiger partial charge is 0.346 e. The zero-order valence-electron chi connectivity index (χ0n) is 11.5. The summed E-state index contributed by atoms with van der Waals surface area (Å²) in [4.78, 5) is 20.4. The number of dihydropyridines is 1. The zero-order valence-corrected chi connectivity index (χ0v) is 12.2. The first-order valence-electron chi connectivity index (χ1n) is 6.01. The van der Waals surface area contributed by atoms with Gasteiger partial charge < -0.3 is 9.47 Å². The lowest BCUT2D eigenvalue weighted by atomic mass is 9.85. The van der Waals surface area contributed by atoms with Gasteiger partial charge in [0.15, 0.2) is 5.50 Å². The summed E-state index contributed by atoms with van der Waals surface area (Å²) in [6, 6.07) is 3.56. The van der Waals surface area contributed by atoms with Crippen molar-refractivity contribution in [3.05, 3.63) is 36.2 Å². The number of ether oxygens (including phenoxy) is 2. The molecule has 0 saturated carbocycles. The van der Waals surface area contributed by atoms with Crippen LogP contribution in [0.15, 0.2) is 35.6 Å². The van der Waals surface area contributed by atoms with E-state index in [1.54, 1.807) is 30.6 Å². The van der Waals surface area contributed by atoms with Crippen LogP contribution in [-0.4, -0.2) is 42.0 Å². The van der Waals surface area contributed by atoms with Gasteiger partial charge in [-0.1, -0.05) is 11.6 Å². The van der Waals surface area contributed by atoms with Crippen LogP contribution in [0.1, 0.15) is 12.5 Å². The number of hydrogen-bond donors (Lipinski definition) is 0. The Bertz CT molecular complexity index is 571. The van der Waals surface area contributed by atoms with Crippen LogP contribution in [-0.2, 0) is 14.3 Å². The molecule has 0 bridgehead atoms. The van der Waals surface area contributed by atoms with Gasteiger partial charge in [-0.25, -0.2) is 4.79 Å². The number of hydrogen-bond acceptors (Lipinski definition) is 5. The first-order valence-corrected chi connectivity index (χ1v) is 6.44. The molecule has 2 unspecified atom stereocenters. The van der Waals surface area contributed by atoms with Crippen molar-refractivity contribution in [1.82, 2.24) is 4.98 Å². The lowest BCUT2D eigenvalue weighted by Crippen LogP contribution is -2.51. The molecule has 2 heterocycles. The molecule has 2 rings (SSSR count). The summed E-state index contributed by atoms with van der Waals surface area (Å²) < 4.78 is 10.3. The minimum absolute atomic E-state index is 0.584. The molecule has 106 valence electrons. The summed E-state index contributed by atoms with van der Waals surface area (Å²) in [7, 11) is 2.71. The van der Waals surface area contributed by atoms with Crippen LogP contribution in [0.3, 0.4) is 0 Å². The van der Waals surface area contributed by atoms with Crippen molar-refractivity contribution >= 4 is 28.9 Å². The lowest BCUT2D eigenvalue weighted by molar-refractivity contribution is -0.159. The summed E-state index contributed by atoms with van der Waals surface area (Å²) in [6.07, 6.45) is 5.05. The number of aromatic nitrogens is 1. The van der Waals surface area contributed by atoms with E-state index in [9.17, 15) is 4.79 Å². The fourth-order valence-electron chi connectivity index (χ4n) is 2.23. The van der Waals surface area contributed by atoms with Gasteiger partial charge in [-0.2, -0.15) is 0 Å². The second kappa shape index (κ2) is 5.73. The maximum atomic E-state index is 12.3. The van der Waals surface area contributed by atoms with Gasteiger partial charge in [-0.15, -0.1) is 0 Å². The number of carbonyl (C=O) groups excluding carboxylic acids is 1. The Balaban J connectivity index is 2.64. The Kier molecular flexibility index (Phi) is 4.20. The number of methoxy groups -OCH3 is 2. The van der Waals surface area contributed by atoms with E-state index >= 15 is 0 Å². The Morgan fingerprint density at radius 1 is 1.35 bits per heavy atom. The van der Waals surface area contributed by atoms with Crippen LogP contribution in [0.25, 0.3) is 5.57 Å². The fraction of sp³-hybridized carbons (Fsp3) is 0.357. The third kappa shape index (κ3) is 2.23. The Hall–Kier alpha value is -1.72. The predicted octanol–water partition coefficient (Wildman–Crippen LogP) is 2.06. The molecule has 1 aromatic heterocycles. The second-order valence-corrected chi connectivity index (χ2v) is 4.74. The van der Waals surface area contributed by atoms with Crippen molar-refractivity contribution < 1.29 is 14.3 Å². The topological polar surface area (TPSA) is 60.8 Å². The molecule has 0 amide bonds. The highest BCUT2D eigenvalue weighted by molar-refractivity contribution is 6.27. The standard InChI is InChI=1S/C14H15ClN2O3/c1-9-8-11(10-4-6-16-7-5-10)14(20-3,12(15)17-9)13(18)19-2/h4-8,12H,1-3H3. The average Bonchev–Trinajstić information content (AvgIpc) is 2.47. The van der Waals surface area contributed by atoms with Gasteiger partial charge in [0.25, 0.3) is 0 Å². The van der Waals surface area contributed by atoms with Crippen LogP contribution in [0.5, 0.6) is 0 Å². The van der Waals surface area contributed by atoms with E-state index in [-0.39, 0.29) is 0 Å². The van der Waals surface area contributed by atoms with E-state index < -0.39 is 17.1 Å². The van der Waals surface area contributed by atoms with E-state index in [1.807, 2.05) is 6.92 Å². The van der Waals surface area contributed by atoms with Crippen LogP contribution in [0, 0.1) is 0 Å². The number of carbonyl (C=O) groups is 1. The summed E-state index contributed by atoms with van der Waals surface area (Å²) in [5.41, 5.74) is -0.243. The lowest BCUT2D eigenvalue weighted by Gasteiger charge is -2.36. The van der Waals surface area contributed by atoms with Crippen LogP contribution >= 0.6 is 11.6 Å². The van der Waals surface area contributed by atoms with Gasteiger partial charge in [-0.3, -0.25) is 9.98 Å².